The van der Waals surface area contributed by atoms with Crippen molar-refractivity contribution in [2.24, 2.45) is 5.73 Å². The number of nitrogens with one attached hydrogen (secondary N) is 2. The number of ether oxygens (including phenoxy) is 2. The minimum Gasteiger partial charge on any atom is -0.459 e. The zero-order valence-corrected chi connectivity index (χ0v) is 45.3. The van der Waals surface area contributed by atoms with Crippen molar-refractivity contribution in [2.75, 3.05) is 0 Å². The average Bonchev–Trinajstić information content (AvgIpc) is 3.25. The predicted octanol–water partition coefficient (Wildman–Crippen LogP) is 8.71. The topological polar surface area (TPSA) is 254 Å². The van der Waals surface area contributed by atoms with Crippen LogP contribution in [-0.2, 0) is 29.1 Å². The highest BCUT2D eigenvalue weighted by molar-refractivity contribution is 9.10. The Morgan fingerprint density at radius 3 is 1.23 bits per heavy atom. The molecule has 6 aromatic rings. The van der Waals surface area contributed by atoms with Gasteiger partial charge in [-0.15, -0.1) is 18.8 Å². The highest BCUT2D eigenvalue weighted by Gasteiger charge is 2.18. The highest BCUT2D eigenvalue weighted by atomic mass is 79.9. The van der Waals surface area contributed by atoms with Gasteiger partial charge >= 0.3 is 12.2 Å². The summed E-state index contributed by atoms with van der Waals surface area (Å²) < 4.78 is 27.8. The molecule has 0 unspecified atom stereocenters. The van der Waals surface area contributed by atoms with Gasteiger partial charge in [0.1, 0.15) is 62.0 Å². The second-order valence-corrected chi connectivity index (χ2v) is 20.4. The van der Waals surface area contributed by atoms with Gasteiger partial charge in [0, 0.05) is 33.8 Å². The van der Waals surface area contributed by atoms with Crippen molar-refractivity contribution in [1.82, 2.24) is 10.6 Å². The SMILES string of the molecule is C#CC(C)(C)O.CC(C)(C)OC(=O)NCc1cc(=O)c2cc(Br)ccc2o1.CC(C)(O)C#Cc1ccc2oc(CN)cc(=O)c2c1.CC(C)(O)C#Cc1ccc2oc(CNC(=O)OC(C)(C)C)cc(=O)c2c1.Cl. The third kappa shape index (κ3) is 23.5. The predicted molar refractivity (Wildman–Crippen MR) is 288 cm³/mol. The van der Waals surface area contributed by atoms with E-state index in [1.165, 1.54) is 18.2 Å². The molecule has 3 aromatic carbocycles. The lowest BCUT2D eigenvalue weighted by Gasteiger charge is -2.19. The van der Waals surface area contributed by atoms with E-state index in [2.05, 4.69) is 56.2 Å². The fraction of sp³-hybridized carbons (Fsp3) is 0.364. The Morgan fingerprint density at radius 2 is 0.904 bits per heavy atom. The summed E-state index contributed by atoms with van der Waals surface area (Å²) in [6, 6.07) is 19.3. The lowest BCUT2D eigenvalue weighted by Crippen LogP contribution is -2.32. The molecule has 3 heterocycles. The summed E-state index contributed by atoms with van der Waals surface area (Å²) in [7, 11) is 0. The summed E-state index contributed by atoms with van der Waals surface area (Å²) in [5.41, 5.74) is 3.25. The molecule has 3 aromatic heterocycles. The van der Waals surface area contributed by atoms with Gasteiger partial charge in [-0.05, 0) is 138 Å². The van der Waals surface area contributed by atoms with Gasteiger partial charge in [0.2, 0.25) is 0 Å². The van der Waals surface area contributed by atoms with Crippen LogP contribution >= 0.6 is 28.3 Å². The smallest absolute Gasteiger partial charge is 0.408 e. The van der Waals surface area contributed by atoms with E-state index >= 15 is 0 Å². The van der Waals surface area contributed by atoms with Crippen molar-refractivity contribution >= 4 is 73.4 Å². The van der Waals surface area contributed by atoms with Crippen LogP contribution in [0.1, 0.15) is 111 Å². The van der Waals surface area contributed by atoms with E-state index in [1.807, 2.05) is 0 Å². The molecule has 2 amide bonds. The average molecular weight is 1090 g/mol. The van der Waals surface area contributed by atoms with E-state index in [0.717, 1.165) is 4.47 Å². The van der Waals surface area contributed by atoms with Crippen LogP contribution in [0.5, 0.6) is 0 Å². The van der Waals surface area contributed by atoms with Gasteiger partial charge in [0.05, 0.1) is 35.8 Å². The lowest BCUT2D eigenvalue weighted by atomic mass is 10.1. The summed E-state index contributed by atoms with van der Waals surface area (Å²) >= 11 is 3.31. The van der Waals surface area contributed by atoms with Gasteiger partial charge < -0.3 is 54.4 Å². The van der Waals surface area contributed by atoms with Gasteiger partial charge in [-0.3, -0.25) is 14.4 Å². The summed E-state index contributed by atoms with van der Waals surface area (Å²) in [5, 5.41) is 34.2. The molecule has 0 saturated heterocycles. The maximum Gasteiger partial charge on any atom is 0.408 e. The van der Waals surface area contributed by atoms with Crippen LogP contribution < -0.4 is 32.7 Å². The summed E-state index contributed by atoms with van der Waals surface area (Å²) in [4.78, 5) is 59.5. The molecular formula is C55H63BrClN3O13. The third-order valence-corrected chi connectivity index (χ3v) is 8.98. The Hall–Kier alpha value is -6.88. The zero-order chi connectivity index (χ0) is 54.4. The number of alkyl carbamates (subject to hydrolysis) is 2. The number of aliphatic hydroxyl groups is 3. The van der Waals surface area contributed by atoms with Gasteiger partial charge in [0.15, 0.2) is 16.3 Å². The molecule has 0 aliphatic heterocycles. The maximum atomic E-state index is 12.3. The Labute approximate surface area is 438 Å². The molecule has 0 saturated carbocycles. The summed E-state index contributed by atoms with van der Waals surface area (Å²) in [6.45, 7) is 20.4. The number of hydrogen-bond acceptors (Lipinski definition) is 14. The van der Waals surface area contributed by atoms with Crippen LogP contribution in [0.4, 0.5) is 9.59 Å². The Balaban J connectivity index is 0.000000356. The molecule has 73 heavy (non-hydrogen) atoms. The van der Waals surface area contributed by atoms with E-state index in [9.17, 15) is 34.2 Å². The Morgan fingerprint density at radius 1 is 0.575 bits per heavy atom. The van der Waals surface area contributed by atoms with Crippen molar-refractivity contribution in [1.29, 1.82) is 0 Å². The van der Waals surface area contributed by atoms with Gasteiger partial charge in [-0.25, -0.2) is 9.59 Å². The molecule has 7 N–H and O–H groups in total. The molecule has 6 rings (SSSR count). The maximum absolute atomic E-state index is 12.3. The van der Waals surface area contributed by atoms with E-state index in [-0.39, 0.29) is 48.3 Å². The first-order valence-electron chi connectivity index (χ1n) is 22.3. The van der Waals surface area contributed by atoms with E-state index in [4.69, 9.17) is 40.0 Å². The van der Waals surface area contributed by atoms with Crippen LogP contribution in [0.25, 0.3) is 32.9 Å². The molecule has 18 heteroatoms. The number of benzene rings is 3. The summed E-state index contributed by atoms with van der Waals surface area (Å²) in [5.74, 6) is 14.4. The molecule has 0 bridgehead atoms. The third-order valence-electron chi connectivity index (χ3n) is 8.49. The molecular weight excluding hydrogens is 1030 g/mol. The van der Waals surface area contributed by atoms with Crippen molar-refractivity contribution in [3.8, 4) is 36.0 Å². The van der Waals surface area contributed by atoms with Crippen LogP contribution in [0.2, 0.25) is 0 Å². The molecule has 0 fully saturated rings. The number of fused-ring (bicyclic) bond motifs is 3. The molecule has 16 nitrogen and oxygen atoms in total. The number of carbonyl (C=O) groups is 2. The standard InChI is InChI=1S/C20H23NO5.C15H16BrNO4.C15H15NO3.C5H8O.ClH/c1-19(2,3)26-18(23)21-12-14-11-16(22)15-10-13(6-7-17(15)25-14)8-9-20(4,5)24;1-15(2,3)21-14(19)17-8-10-7-12(18)11-6-9(16)4-5-13(11)20-10;1-15(2,18)6-5-10-3-4-14-12(7-10)13(17)8-11(9-16)19-14;1-4-5(2,3)6;/h6-7,10-11,24H,12H2,1-5H3,(H,21,23);4-7H,8H2,1-3H3,(H,17,19);3-4,7-8,18H,9,16H2,1-2H3;1,6H,2-3H3;1H. The van der Waals surface area contributed by atoms with Crippen molar-refractivity contribution in [3.05, 3.63) is 136 Å². The largest absolute Gasteiger partial charge is 0.459 e. The fourth-order valence-electron chi connectivity index (χ4n) is 5.42. The van der Waals surface area contributed by atoms with Crippen molar-refractivity contribution in [3.63, 3.8) is 0 Å². The van der Waals surface area contributed by atoms with E-state index < -0.39 is 40.2 Å². The van der Waals surface area contributed by atoms with Gasteiger partial charge in [-0.1, -0.05) is 45.5 Å². The quantitative estimate of drug-likeness (QED) is 0.0884. The zero-order valence-electron chi connectivity index (χ0n) is 42.9. The van der Waals surface area contributed by atoms with Crippen molar-refractivity contribution in [2.45, 2.75) is 131 Å². The number of halogens is 2. The number of hydrogen-bond donors (Lipinski definition) is 6. The van der Waals surface area contributed by atoms with Crippen LogP contribution in [0.3, 0.4) is 0 Å². The van der Waals surface area contributed by atoms with Gasteiger partial charge in [-0.2, -0.15) is 0 Å². The monoisotopic (exact) mass is 1090 g/mol. The number of carbonyl (C=O) groups excluding carboxylic acids is 2. The number of rotatable bonds is 5. The normalized spacial score (nSPS) is 11.2. The second-order valence-electron chi connectivity index (χ2n) is 19.5. The van der Waals surface area contributed by atoms with Crippen LogP contribution in [-0.4, -0.2) is 55.5 Å². The Bertz CT molecular complexity index is 3260. The molecule has 0 aliphatic rings. The fourth-order valence-corrected chi connectivity index (χ4v) is 5.78. The van der Waals surface area contributed by atoms with E-state index in [1.54, 1.807) is 138 Å². The number of terminal acetylenes is 1. The minimum atomic E-state index is -1.11. The van der Waals surface area contributed by atoms with Gasteiger partial charge in [0.25, 0.3) is 0 Å². The molecule has 0 aliphatic carbocycles. The first kappa shape index (κ1) is 62.2. The first-order valence-corrected chi connectivity index (χ1v) is 23.1. The van der Waals surface area contributed by atoms with Crippen molar-refractivity contribution < 1.29 is 47.6 Å². The first-order chi connectivity index (χ1) is 33.1. The number of nitrogens with two attached hydrogens (primary N) is 1. The molecule has 0 radical (unpaired) electrons. The summed E-state index contributed by atoms with van der Waals surface area (Å²) in [6.07, 6.45) is 3.67. The molecule has 390 valence electrons. The molecule has 0 atom stereocenters. The Kier molecular flexibility index (Phi) is 22.3. The van der Waals surface area contributed by atoms with Crippen LogP contribution in [0, 0.1) is 36.0 Å². The highest BCUT2D eigenvalue weighted by Crippen LogP contribution is 2.19. The second kappa shape index (κ2) is 26.2. The lowest BCUT2D eigenvalue weighted by molar-refractivity contribution is 0.0509. The number of amides is 2. The minimum absolute atomic E-state index is 0. The molecule has 0 spiro atoms. The van der Waals surface area contributed by atoms with Crippen LogP contribution in [0.15, 0.2) is 105 Å². The van der Waals surface area contributed by atoms with E-state index in [0.29, 0.717) is 61.3 Å².